The van der Waals surface area contributed by atoms with E-state index in [1.165, 1.54) is 7.11 Å². The average Bonchev–Trinajstić information content (AvgIpc) is 4.07. The third-order valence-electron chi connectivity index (χ3n) is 9.10. The first-order chi connectivity index (χ1) is 27.7. The number of rotatable bonds is 14. The van der Waals surface area contributed by atoms with E-state index in [9.17, 15) is 0 Å². The monoisotopic (exact) mass is 800 g/mol. The van der Waals surface area contributed by atoms with Crippen molar-refractivity contribution in [2.24, 2.45) is 0 Å². The molecule has 290 valence electrons. The van der Waals surface area contributed by atoms with Gasteiger partial charge in [0.15, 0.2) is 41.9 Å². The maximum atomic E-state index is 6.68. The smallest absolute Gasteiger partial charge is 0.449 e. The quantitative estimate of drug-likeness (QED) is 0.0974. The van der Waals surface area contributed by atoms with Gasteiger partial charge in [0.25, 0.3) is 0 Å². The zero-order chi connectivity index (χ0) is 37.7. The molecule has 3 fully saturated rings. The lowest BCUT2D eigenvalue weighted by atomic mass is 10.00. The van der Waals surface area contributed by atoms with Crippen LogP contribution in [0, 0.1) is 0 Å². The van der Waals surface area contributed by atoms with Crippen LogP contribution in [-0.2, 0) is 39.4 Å². The van der Waals surface area contributed by atoms with Gasteiger partial charge in [-0.05, 0) is 30.3 Å². The Morgan fingerprint density at radius 2 is 0.750 bits per heavy atom. The van der Waals surface area contributed by atoms with Gasteiger partial charge in [-0.1, -0.05) is 78.9 Å². The summed E-state index contributed by atoms with van der Waals surface area (Å²) >= 11 is 0. The fraction of sp³-hybridized carbons (Fsp3) is 0.268. The normalized spacial score (nSPS) is 17.6. The molecular formula is C41H38O13P2. The molecule has 0 N–H and O–H groups in total. The van der Waals surface area contributed by atoms with Gasteiger partial charge in [0.2, 0.25) is 0 Å². The fourth-order valence-electron chi connectivity index (χ4n) is 6.52. The topological polar surface area (TPSA) is 120 Å². The summed E-state index contributed by atoms with van der Waals surface area (Å²) in [5.41, 5.74) is 3.99. The van der Waals surface area contributed by atoms with E-state index in [0.29, 0.717) is 97.4 Å². The van der Waals surface area contributed by atoms with E-state index in [0.717, 1.165) is 16.7 Å². The van der Waals surface area contributed by atoms with Crippen LogP contribution in [0.1, 0.15) is 46.7 Å². The minimum atomic E-state index is -2.18. The van der Waals surface area contributed by atoms with Crippen LogP contribution in [0.4, 0.5) is 0 Å². The molecule has 56 heavy (non-hydrogen) atoms. The fourth-order valence-corrected chi connectivity index (χ4v) is 8.41. The molecule has 0 saturated carbocycles. The van der Waals surface area contributed by atoms with Gasteiger partial charge in [0.1, 0.15) is 17.2 Å². The Hall–Kier alpha value is -4.52. The molecule has 4 aliphatic heterocycles. The van der Waals surface area contributed by atoms with Crippen molar-refractivity contribution in [3.8, 4) is 40.2 Å². The Labute approximate surface area is 326 Å². The van der Waals surface area contributed by atoms with E-state index < -0.39 is 36.1 Å². The van der Waals surface area contributed by atoms with Crippen molar-refractivity contribution in [3.05, 3.63) is 137 Å². The van der Waals surface area contributed by atoms with Crippen LogP contribution in [0.2, 0.25) is 0 Å². The van der Waals surface area contributed by atoms with Crippen molar-refractivity contribution >= 4 is 17.2 Å². The summed E-state index contributed by atoms with van der Waals surface area (Å²) in [5.74, 6) is 3.35. The molecule has 0 amide bonds. The number of benzene rings is 5. The predicted octanol–water partition coefficient (Wildman–Crippen LogP) is 9.61. The largest absolute Gasteiger partial charge is 0.530 e. The summed E-state index contributed by atoms with van der Waals surface area (Å²) in [7, 11) is -2.57. The molecule has 1 unspecified atom stereocenters. The first-order valence-corrected chi connectivity index (χ1v) is 20.3. The molecule has 13 nitrogen and oxygen atoms in total. The molecule has 5 aromatic rings. The van der Waals surface area contributed by atoms with Crippen LogP contribution >= 0.6 is 17.2 Å². The molecular weight excluding hydrogens is 762 g/mol. The number of ether oxygens (including phenoxy) is 7. The summed E-state index contributed by atoms with van der Waals surface area (Å²) in [4.78, 5) is 0. The Bertz CT molecular complexity index is 2060. The molecule has 3 saturated heterocycles. The van der Waals surface area contributed by atoms with E-state index in [1.807, 2.05) is 109 Å². The van der Waals surface area contributed by atoms with Crippen molar-refractivity contribution in [1.29, 1.82) is 0 Å². The van der Waals surface area contributed by atoms with Crippen LogP contribution in [0.5, 0.6) is 40.2 Å². The van der Waals surface area contributed by atoms with E-state index in [2.05, 4.69) is 0 Å². The lowest BCUT2D eigenvalue weighted by Crippen LogP contribution is -2.10. The summed E-state index contributed by atoms with van der Waals surface area (Å²) in [6.45, 7) is 2.92. The third kappa shape index (κ3) is 8.15. The second-order valence-electron chi connectivity index (χ2n) is 12.7. The minimum absolute atomic E-state index is 0.404. The molecule has 0 spiro atoms. The molecule has 9 rings (SSSR count). The predicted molar refractivity (Wildman–Crippen MR) is 203 cm³/mol. The zero-order valence-electron chi connectivity index (χ0n) is 30.3. The highest BCUT2D eigenvalue weighted by molar-refractivity contribution is 7.43. The van der Waals surface area contributed by atoms with Crippen LogP contribution in [0.25, 0.3) is 0 Å². The lowest BCUT2D eigenvalue weighted by Gasteiger charge is -2.27. The van der Waals surface area contributed by atoms with Crippen molar-refractivity contribution in [2.75, 3.05) is 46.8 Å². The first kappa shape index (κ1) is 37.1. The van der Waals surface area contributed by atoms with Gasteiger partial charge >= 0.3 is 17.2 Å². The van der Waals surface area contributed by atoms with E-state index in [-0.39, 0.29) is 0 Å². The van der Waals surface area contributed by atoms with Gasteiger partial charge in [-0.25, -0.2) is 0 Å². The number of fused-ring (bicyclic) bond motifs is 2. The number of hydrogen-bond donors (Lipinski definition) is 0. The lowest BCUT2D eigenvalue weighted by molar-refractivity contribution is -0.0454. The highest BCUT2D eigenvalue weighted by atomic mass is 31.2. The van der Waals surface area contributed by atoms with E-state index in [4.69, 9.17) is 60.3 Å². The third-order valence-corrected chi connectivity index (χ3v) is 11.1. The maximum absolute atomic E-state index is 6.68. The Kier molecular flexibility index (Phi) is 11.5. The molecule has 4 aliphatic rings. The van der Waals surface area contributed by atoms with Gasteiger partial charge < -0.3 is 55.8 Å². The summed E-state index contributed by atoms with van der Waals surface area (Å²) < 4.78 is 79.7. The van der Waals surface area contributed by atoms with E-state index in [1.54, 1.807) is 0 Å². The second kappa shape index (κ2) is 17.3. The van der Waals surface area contributed by atoms with Crippen LogP contribution in [0.3, 0.4) is 0 Å². The second-order valence-corrected chi connectivity index (χ2v) is 14.9. The molecule has 0 aromatic heterocycles. The molecule has 1 atom stereocenters. The van der Waals surface area contributed by atoms with E-state index >= 15 is 0 Å². The summed E-state index contributed by atoms with van der Waals surface area (Å²) in [5, 5.41) is 0. The summed E-state index contributed by atoms with van der Waals surface area (Å²) in [6.07, 6.45) is -1.16. The maximum Gasteiger partial charge on any atom is 0.530 e. The summed E-state index contributed by atoms with van der Waals surface area (Å²) in [6, 6.07) is 33.9. The molecule has 4 heterocycles. The Morgan fingerprint density at radius 3 is 1.16 bits per heavy atom. The minimum Gasteiger partial charge on any atom is -0.449 e. The number of para-hydroxylation sites is 5. The van der Waals surface area contributed by atoms with Crippen molar-refractivity contribution in [2.45, 2.75) is 25.3 Å². The van der Waals surface area contributed by atoms with Crippen LogP contribution < -0.4 is 27.4 Å². The van der Waals surface area contributed by atoms with Gasteiger partial charge in [-0.2, -0.15) is 0 Å². The standard InChI is InChI=1S/C41H38O13P2/c1-42-55(50-32-15-5-2-12-29(32)39-43-20-21-44-39)53-35-18-8-10-27-26-28-11-9-19-36(38(28)49-37(27)35)54-56(51-33-16-6-3-13-30(33)40-45-22-23-46-40)52-34-17-7-4-14-31(34)41-47-24-25-48-41/h2-19,39-41H,20-26H2,1H3. The van der Waals surface area contributed by atoms with Gasteiger partial charge in [0.05, 0.1) is 56.3 Å². The highest BCUT2D eigenvalue weighted by Gasteiger charge is 2.33. The number of hydrogen-bond acceptors (Lipinski definition) is 13. The molecule has 0 aliphatic carbocycles. The van der Waals surface area contributed by atoms with Crippen molar-refractivity contribution in [1.82, 2.24) is 0 Å². The molecule has 5 aromatic carbocycles. The zero-order valence-corrected chi connectivity index (χ0v) is 32.1. The average molecular weight is 801 g/mol. The van der Waals surface area contributed by atoms with Gasteiger partial charge in [-0.3, -0.25) is 4.52 Å². The first-order valence-electron chi connectivity index (χ1n) is 18.1. The van der Waals surface area contributed by atoms with Crippen LogP contribution in [0.15, 0.2) is 109 Å². The van der Waals surface area contributed by atoms with Crippen molar-refractivity contribution < 1.29 is 60.3 Å². The van der Waals surface area contributed by atoms with Crippen molar-refractivity contribution in [3.63, 3.8) is 0 Å². The molecule has 0 radical (unpaired) electrons. The molecule has 0 bridgehead atoms. The highest BCUT2D eigenvalue weighted by Crippen LogP contribution is 2.54. The Morgan fingerprint density at radius 1 is 0.411 bits per heavy atom. The van der Waals surface area contributed by atoms with Gasteiger partial charge in [0, 0.05) is 24.7 Å². The van der Waals surface area contributed by atoms with Crippen LogP contribution in [-0.4, -0.2) is 46.8 Å². The van der Waals surface area contributed by atoms with Gasteiger partial charge in [-0.15, -0.1) is 0 Å². The molecule has 15 heteroatoms. The Balaban J connectivity index is 1.000. The SMILES string of the molecule is COP(Oc1ccccc1C1OCCO1)Oc1cccc2c1Oc1c(cccc1OP(Oc1ccccc1C1OCCO1)Oc1ccccc1C1OCCO1)C2.